The molecule has 0 fully saturated rings. The molecule has 0 atom stereocenters. The molecule has 0 unspecified atom stereocenters. The summed E-state index contributed by atoms with van der Waals surface area (Å²) in [6.45, 7) is 1.69. The van der Waals surface area contributed by atoms with E-state index in [0.717, 1.165) is 16.2 Å². The van der Waals surface area contributed by atoms with Crippen LogP contribution in [0.25, 0.3) is 27.7 Å². The van der Waals surface area contributed by atoms with Crippen LogP contribution in [0.1, 0.15) is 22.3 Å². The molecule has 2 heterocycles. The van der Waals surface area contributed by atoms with Gasteiger partial charge in [0, 0.05) is 16.8 Å². The Balaban J connectivity index is 1.90. The highest BCUT2D eigenvalue weighted by Crippen LogP contribution is 2.35. The van der Waals surface area contributed by atoms with Gasteiger partial charge in [-0.2, -0.15) is 10.5 Å². The number of rotatable bonds is 5. The number of pyridine rings is 1. The summed E-state index contributed by atoms with van der Waals surface area (Å²) < 4.78 is 22.0. The first-order valence-electron chi connectivity index (χ1n) is 11.9. The third-order valence-electron chi connectivity index (χ3n) is 6.45. The first-order valence-corrected chi connectivity index (χ1v) is 12.3. The molecule has 3 aromatic carbocycles. The largest absolute Gasteiger partial charge is 0.496 e. The maximum atomic E-state index is 14.1. The summed E-state index contributed by atoms with van der Waals surface area (Å²) in [5, 5.41) is 19.2. The molecule has 8 nitrogen and oxygen atoms in total. The standard InChI is InChI=1S/C30H19ClFN5O3/c1-17-7-22(15-35-14-17)37-29(38)28-26(36(30(37)39)16-19-4-6-25(32)21(8-19)13-34)10-20(11-27(28)40-2)23-9-18(12-33)3-5-24(23)31/h3-11,14-15H,16H2,1-2H3. The van der Waals surface area contributed by atoms with Crippen LogP contribution >= 0.6 is 11.6 Å². The molecule has 10 heteroatoms. The van der Waals surface area contributed by atoms with Crippen LogP contribution in [0.4, 0.5) is 4.39 Å². The van der Waals surface area contributed by atoms with Gasteiger partial charge in [-0.1, -0.05) is 17.7 Å². The molecule has 0 N–H and O–H groups in total. The molecule has 0 aliphatic carbocycles. The molecule has 2 aromatic heterocycles. The van der Waals surface area contributed by atoms with Gasteiger partial charge in [0.15, 0.2) is 0 Å². The maximum Gasteiger partial charge on any atom is 0.336 e. The molecular formula is C30H19ClFN5O3. The van der Waals surface area contributed by atoms with E-state index in [-0.39, 0.29) is 34.4 Å². The van der Waals surface area contributed by atoms with E-state index in [9.17, 15) is 24.5 Å². The van der Waals surface area contributed by atoms with E-state index in [0.29, 0.717) is 27.3 Å². The van der Waals surface area contributed by atoms with Crippen molar-refractivity contribution in [2.24, 2.45) is 0 Å². The topological polar surface area (TPSA) is 114 Å². The zero-order valence-corrected chi connectivity index (χ0v) is 22.0. The van der Waals surface area contributed by atoms with Crippen molar-refractivity contribution in [3.05, 3.63) is 121 Å². The molecule has 5 aromatic rings. The molecule has 40 heavy (non-hydrogen) atoms. The van der Waals surface area contributed by atoms with Gasteiger partial charge in [0.25, 0.3) is 5.56 Å². The van der Waals surface area contributed by atoms with E-state index in [1.807, 2.05) is 0 Å². The Hall–Kier alpha value is -5.25. The number of aryl methyl sites for hydroxylation is 1. The van der Waals surface area contributed by atoms with E-state index in [1.54, 1.807) is 55.6 Å². The third-order valence-corrected chi connectivity index (χ3v) is 6.78. The second kappa shape index (κ2) is 10.5. The summed E-state index contributed by atoms with van der Waals surface area (Å²) in [7, 11) is 1.40. The lowest BCUT2D eigenvalue weighted by Crippen LogP contribution is -2.39. The van der Waals surface area contributed by atoms with Gasteiger partial charge in [-0.25, -0.2) is 13.8 Å². The fourth-order valence-electron chi connectivity index (χ4n) is 4.56. The number of halogens is 2. The monoisotopic (exact) mass is 551 g/mol. The number of fused-ring (bicyclic) bond motifs is 1. The quantitative estimate of drug-likeness (QED) is 0.300. The Kier molecular flexibility index (Phi) is 6.91. The summed E-state index contributed by atoms with van der Waals surface area (Å²) in [6, 6.07) is 17.5. The van der Waals surface area contributed by atoms with E-state index in [1.165, 1.54) is 30.0 Å². The molecule has 0 saturated heterocycles. The lowest BCUT2D eigenvalue weighted by Gasteiger charge is -2.18. The van der Waals surface area contributed by atoms with E-state index < -0.39 is 17.1 Å². The minimum absolute atomic E-state index is 0.0948. The number of aromatic nitrogens is 3. The van der Waals surface area contributed by atoms with Crippen LogP contribution in [0.3, 0.4) is 0 Å². The van der Waals surface area contributed by atoms with Crippen molar-refractivity contribution < 1.29 is 9.13 Å². The van der Waals surface area contributed by atoms with Crippen LogP contribution < -0.4 is 16.0 Å². The zero-order valence-electron chi connectivity index (χ0n) is 21.3. The highest BCUT2D eigenvalue weighted by atomic mass is 35.5. The number of nitrogens with zero attached hydrogens (tertiary/aromatic N) is 5. The Labute approximate surface area is 232 Å². The smallest absolute Gasteiger partial charge is 0.336 e. The molecule has 0 saturated carbocycles. The second-order valence-electron chi connectivity index (χ2n) is 9.03. The highest BCUT2D eigenvalue weighted by Gasteiger charge is 2.21. The van der Waals surface area contributed by atoms with Crippen molar-refractivity contribution in [1.82, 2.24) is 14.1 Å². The van der Waals surface area contributed by atoms with E-state index in [2.05, 4.69) is 11.1 Å². The van der Waals surface area contributed by atoms with Gasteiger partial charge in [-0.15, -0.1) is 0 Å². The van der Waals surface area contributed by atoms with Crippen molar-refractivity contribution in [2.75, 3.05) is 7.11 Å². The summed E-state index contributed by atoms with van der Waals surface area (Å²) in [6.07, 6.45) is 3.01. The molecule has 0 amide bonds. The average molecular weight is 552 g/mol. The van der Waals surface area contributed by atoms with Crippen molar-refractivity contribution in [3.63, 3.8) is 0 Å². The molecule has 0 aliphatic rings. The van der Waals surface area contributed by atoms with Crippen LogP contribution in [-0.4, -0.2) is 21.2 Å². The summed E-state index contributed by atoms with van der Waals surface area (Å²) >= 11 is 6.48. The van der Waals surface area contributed by atoms with Crippen molar-refractivity contribution >= 4 is 22.5 Å². The lowest BCUT2D eigenvalue weighted by atomic mass is 10.0. The van der Waals surface area contributed by atoms with Crippen molar-refractivity contribution in [3.8, 4) is 34.7 Å². The molecule has 0 aliphatic heterocycles. The van der Waals surface area contributed by atoms with Gasteiger partial charge in [-0.3, -0.25) is 14.3 Å². The number of nitriles is 2. The Morgan fingerprint density at radius 2 is 1.82 bits per heavy atom. The van der Waals surface area contributed by atoms with Gasteiger partial charge in [0.05, 0.1) is 48.3 Å². The Morgan fingerprint density at radius 3 is 2.52 bits per heavy atom. The van der Waals surface area contributed by atoms with Gasteiger partial charge in [-0.05, 0) is 72.1 Å². The number of hydrogen-bond donors (Lipinski definition) is 0. The normalized spacial score (nSPS) is 10.8. The Morgan fingerprint density at radius 1 is 1.02 bits per heavy atom. The first kappa shape index (κ1) is 26.4. The van der Waals surface area contributed by atoms with Gasteiger partial charge in [0.1, 0.15) is 23.0 Å². The fourth-order valence-corrected chi connectivity index (χ4v) is 4.79. The lowest BCUT2D eigenvalue weighted by molar-refractivity contribution is 0.419. The molecule has 5 rings (SSSR count). The van der Waals surface area contributed by atoms with E-state index in [4.69, 9.17) is 16.3 Å². The van der Waals surface area contributed by atoms with Crippen molar-refractivity contribution in [1.29, 1.82) is 10.5 Å². The van der Waals surface area contributed by atoms with Crippen LogP contribution in [0.2, 0.25) is 5.02 Å². The zero-order chi connectivity index (χ0) is 28.6. The van der Waals surface area contributed by atoms with Crippen LogP contribution in [0, 0.1) is 35.4 Å². The molecule has 0 bridgehead atoms. The third kappa shape index (κ3) is 4.60. The van der Waals surface area contributed by atoms with Crippen LogP contribution in [0.15, 0.2) is 76.6 Å². The fraction of sp³-hybridized carbons (Fsp3) is 0.100. The minimum atomic E-state index is -0.685. The van der Waals surface area contributed by atoms with Crippen molar-refractivity contribution in [2.45, 2.75) is 13.5 Å². The summed E-state index contributed by atoms with van der Waals surface area (Å²) in [5.41, 5.74) is 1.58. The van der Waals surface area contributed by atoms with Crippen LogP contribution in [0.5, 0.6) is 5.75 Å². The minimum Gasteiger partial charge on any atom is -0.496 e. The summed E-state index contributed by atoms with van der Waals surface area (Å²) in [4.78, 5) is 32.0. The number of methoxy groups -OCH3 is 1. The van der Waals surface area contributed by atoms with Gasteiger partial charge in [0.2, 0.25) is 0 Å². The second-order valence-corrected chi connectivity index (χ2v) is 9.44. The average Bonchev–Trinajstić information content (AvgIpc) is 2.95. The van der Waals surface area contributed by atoms with Gasteiger partial charge >= 0.3 is 5.69 Å². The predicted octanol–water partition coefficient (Wildman–Crippen LogP) is 5.12. The SMILES string of the molecule is COc1cc(-c2cc(C#N)ccc2Cl)cc2c1c(=O)n(-c1cncc(C)c1)c(=O)n2Cc1ccc(F)c(C#N)c1. The molecule has 196 valence electrons. The van der Waals surface area contributed by atoms with Gasteiger partial charge < -0.3 is 4.74 Å². The summed E-state index contributed by atoms with van der Waals surface area (Å²) in [5.74, 6) is -0.508. The predicted molar refractivity (Wildman–Crippen MR) is 148 cm³/mol. The Bertz CT molecular complexity index is 2040. The number of benzene rings is 3. The molecule has 0 spiro atoms. The number of ether oxygens (including phenoxy) is 1. The maximum absolute atomic E-state index is 14.1. The van der Waals surface area contributed by atoms with E-state index >= 15 is 0 Å². The molecular weight excluding hydrogens is 533 g/mol. The first-order chi connectivity index (χ1) is 19.2. The van der Waals surface area contributed by atoms with Crippen LogP contribution in [-0.2, 0) is 6.54 Å². The molecule has 0 radical (unpaired) electrons. The highest BCUT2D eigenvalue weighted by molar-refractivity contribution is 6.33. The number of hydrogen-bond acceptors (Lipinski definition) is 6.